The normalized spacial score (nSPS) is 22.0. The van der Waals surface area contributed by atoms with Crippen molar-refractivity contribution in [3.63, 3.8) is 0 Å². The maximum atomic E-state index is 10.9. The number of carbonyl (C=O) groups is 1. The number of piperidine rings is 1. The Bertz CT molecular complexity index is 289. The molecule has 0 bridgehead atoms. The van der Waals surface area contributed by atoms with Crippen LogP contribution in [0.25, 0.3) is 0 Å². The van der Waals surface area contributed by atoms with Crippen molar-refractivity contribution in [1.29, 1.82) is 0 Å². The molecule has 76 valence electrons. The number of nitrogens with zero attached hydrogens (tertiary/aromatic N) is 1. The summed E-state index contributed by atoms with van der Waals surface area (Å²) in [5, 5.41) is 8.25. The van der Waals surface area contributed by atoms with E-state index >= 15 is 0 Å². The first-order chi connectivity index (χ1) is 6.84. The summed E-state index contributed by atoms with van der Waals surface area (Å²) < 4.78 is 0. The molecule has 1 aromatic heterocycles. The van der Waals surface area contributed by atoms with E-state index in [0.717, 1.165) is 25.2 Å². The highest BCUT2D eigenvalue weighted by Crippen LogP contribution is 2.05. The quantitative estimate of drug-likeness (QED) is 0.766. The smallest absolute Gasteiger partial charge is 0.220 e. The first-order valence-corrected chi connectivity index (χ1v) is 5.66. The number of amides is 1. The van der Waals surface area contributed by atoms with Crippen molar-refractivity contribution in [2.75, 3.05) is 6.54 Å². The Morgan fingerprint density at radius 2 is 2.64 bits per heavy atom. The second-order valence-corrected chi connectivity index (χ2v) is 4.12. The second-order valence-electron chi connectivity index (χ2n) is 3.40. The zero-order valence-electron chi connectivity index (χ0n) is 7.82. The Hall–Kier alpha value is -0.940. The van der Waals surface area contributed by atoms with Crippen molar-refractivity contribution < 1.29 is 4.79 Å². The van der Waals surface area contributed by atoms with Gasteiger partial charge in [0, 0.05) is 30.9 Å². The lowest BCUT2D eigenvalue weighted by atomic mass is 10.1. The number of rotatable bonds is 3. The summed E-state index contributed by atoms with van der Waals surface area (Å²) in [6, 6.07) is 0.398. The van der Waals surface area contributed by atoms with Crippen LogP contribution in [0.15, 0.2) is 10.9 Å². The minimum atomic E-state index is 0.164. The average molecular weight is 211 g/mol. The highest BCUT2D eigenvalue weighted by atomic mass is 32.1. The van der Waals surface area contributed by atoms with Crippen molar-refractivity contribution in [2.24, 2.45) is 0 Å². The summed E-state index contributed by atoms with van der Waals surface area (Å²) >= 11 is 1.61. The lowest BCUT2D eigenvalue weighted by Gasteiger charge is -2.23. The van der Waals surface area contributed by atoms with E-state index < -0.39 is 0 Å². The van der Waals surface area contributed by atoms with Crippen LogP contribution in [0.4, 0.5) is 0 Å². The second kappa shape index (κ2) is 4.52. The molecule has 4 nitrogen and oxygen atoms in total. The number of hydrogen-bond acceptors (Lipinski definition) is 4. The zero-order chi connectivity index (χ0) is 9.80. The third-order valence-corrected chi connectivity index (χ3v) is 2.96. The summed E-state index contributed by atoms with van der Waals surface area (Å²) in [6.45, 7) is 1.53. The summed E-state index contributed by atoms with van der Waals surface area (Å²) in [6.07, 6.45) is 1.56. The van der Waals surface area contributed by atoms with Gasteiger partial charge in [0.2, 0.25) is 5.91 Å². The first-order valence-electron chi connectivity index (χ1n) is 4.72. The third-order valence-electron chi connectivity index (χ3n) is 2.32. The van der Waals surface area contributed by atoms with Gasteiger partial charge in [0.1, 0.15) is 0 Å². The minimum Gasteiger partial charge on any atom is -0.355 e. The molecular weight excluding hydrogens is 198 g/mol. The van der Waals surface area contributed by atoms with Crippen molar-refractivity contribution in [2.45, 2.75) is 25.4 Å². The van der Waals surface area contributed by atoms with Gasteiger partial charge in [-0.3, -0.25) is 4.79 Å². The summed E-state index contributed by atoms with van der Waals surface area (Å²) in [4.78, 5) is 15.1. The Morgan fingerprint density at radius 1 is 1.71 bits per heavy atom. The van der Waals surface area contributed by atoms with Crippen molar-refractivity contribution in [3.05, 3.63) is 16.6 Å². The molecule has 1 saturated heterocycles. The van der Waals surface area contributed by atoms with Crippen molar-refractivity contribution in [3.8, 4) is 0 Å². The molecule has 2 N–H and O–H groups in total. The maximum absolute atomic E-state index is 10.9. The van der Waals surface area contributed by atoms with E-state index in [0.29, 0.717) is 12.5 Å². The van der Waals surface area contributed by atoms with Gasteiger partial charge < -0.3 is 10.6 Å². The fraction of sp³-hybridized carbons (Fsp3) is 0.556. The Morgan fingerprint density at radius 3 is 3.29 bits per heavy atom. The van der Waals surface area contributed by atoms with Gasteiger partial charge in [0.15, 0.2) is 0 Å². The molecular formula is C9H13N3OS. The van der Waals surface area contributed by atoms with Crippen LogP contribution in [0.2, 0.25) is 0 Å². The summed E-state index contributed by atoms with van der Waals surface area (Å²) in [7, 11) is 0. The molecule has 2 heterocycles. The van der Waals surface area contributed by atoms with Crippen LogP contribution < -0.4 is 10.6 Å². The number of carbonyl (C=O) groups excluding carboxylic acids is 1. The number of nitrogens with one attached hydrogen (secondary N) is 2. The average Bonchev–Trinajstić information content (AvgIpc) is 2.70. The van der Waals surface area contributed by atoms with Crippen LogP contribution in [0.1, 0.15) is 18.5 Å². The highest BCUT2D eigenvalue weighted by Gasteiger charge is 2.16. The van der Waals surface area contributed by atoms with Gasteiger partial charge in [0.05, 0.1) is 11.2 Å². The van der Waals surface area contributed by atoms with E-state index in [-0.39, 0.29) is 5.91 Å². The lowest BCUT2D eigenvalue weighted by Crippen LogP contribution is -2.45. The molecule has 1 fully saturated rings. The van der Waals surface area contributed by atoms with E-state index in [1.54, 1.807) is 11.3 Å². The standard InChI is InChI=1S/C9H13N3OS/c13-9-2-1-7(3-11-9)10-4-8-5-14-6-12-8/h5-7,10H,1-4H2,(H,11,13). The van der Waals surface area contributed by atoms with Crippen LogP contribution in [0.3, 0.4) is 0 Å². The Balaban J connectivity index is 1.73. The number of aromatic nitrogens is 1. The summed E-state index contributed by atoms with van der Waals surface area (Å²) in [5.74, 6) is 0.164. The van der Waals surface area contributed by atoms with Gasteiger partial charge in [-0.15, -0.1) is 11.3 Å². The van der Waals surface area contributed by atoms with Crippen molar-refractivity contribution in [1.82, 2.24) is 15.6 Å². The molecule has 0 aliphatic carbocycles. The predicted octanol–water partition coefficient (Wildman–Crippen LogP) is 0.511. The molecule has 1 unspecified atom stereocenters. The summed E-state index contributed by atoms with van der Waals surface area (Å²) in [5.41, 5.74) is 2.91. The van der Waals surface area contributed by atoms with E-state index in [2.05, 4.69) is 15.6 Å². The first kappa shape index (κ1) is 9.61. The van der Waals surface area contributed by atoms with Crippen LogP contribution in [-0.4, -0.2) is 23.5 Å². The molecule has 1 aliphatic rings. The molecule has 1 atom stereocenters. The van der Waals surface area contributed by atoms with Crippen LogP contribution >= 0.6 is 11.3 Å². The third kappa shape index (κ3) is 2.52. The molecule has 0 spiro atoms. The zero-order valence-corrected chi connectivity index (χ0v) is 8.64. The predicted molar refractivity (Wildman–Crippen MR) is 55.0 cm³/mol. The van der Waals surface area contributed by atoms with Gasteiger partial charge in [-0.2, -0.15) is 0 Å². The largest absolute Gasteiger partial charge is 0.355 e. The van der Waals surface area contributed by atoms with Crippen molar-refractivity contribution >= 4 is 17.2 Å². The molecule has 0 aromatic carbocycles. The topological polar surface area (TPSA) is 54.0 Å². The highest BCUT2D eigenvalue weighted by molar-refractivity contribution is 7.07. The molecule has 0 radical (unpaired) electrons. The van der Waals surface area contributed by atoms with E-state index in [1.807, 2.05) is 10.9 Å². The Kier molecular flexibility index (Phi) is 3.10. The van der Waals surface area contributed by atoms with Crippen LogP contribution in [0, 0.1) is 0 Å². The molecule has 1 aromatic rings. The van der Waals surface area contributed by atoms with Gasteiger partial charge in [-0.1, -0.05) is 0 Å². The van der Waals surface area contributed by atoms with Gasteiger partial charge >= 0.3 is 0 Å². The fourth-order valence-electron chi connectivity index (χ4n) is 1.48. The van der Waals surface area contributed by atoms with E-state index in [9.17, 15) is 4.79 Å². The molecule has 1 aliphatic heterocycles. The molecule has 5 heteroatoms. The van der Waals surface area contributed by atoms with E-state index in [4.69, 9.17) is 0 Å². The Labute approximate surface area is 86.7 Å². The molecule has 0 saturated carbocycles. The molecule has 14 heavy (non-hydrogen) atoms. The van der Waals surface area contributed by atoms with Gasteiger partial charge in [0.25, 0.3) is 0 Å². The monoisotopic (exact) mass is 211 g/mol. The minimum absolute atomic E-state index is 0.164. The van der Waals surface area contributed by atoms with Gasteiger partial charge in [-0.25, -0.2) is 4.98 Å². The maximum Gasteiger partial charge on any atom is 0.220 e. The number of thiazole rings is 1. The van der Waals surface area contributed by atoms with Gasteiger partial charge in [-0.05, 0) is 6.42 Å². The lowest BCUT2D eigenvalue weighted by molar-refractivity contribution is -0.122. The number of hydrogen-bond donors (Lipinski definition) is 2. The van der Waals surface area contributed by atoms with Crippen LogP contribution in [0.5, 0.6) is 0 Å². The molecule has 1 amide bonds. The fourth-order valence-corrected chi connectivity index (χ4v) is 2.04. The van der Waals surface area contributed by atoms with E-state index in [1.165, 1.54) is 0 Å². The van der Waals surface area contributed by atoms with Crippen LogP contribution in [-0.2, 0) is 11.3 Å². The molecule has 2 rings (SSSR count). The SMILES string of the molecule is O=C1CCC(NCc2cscn2)CN1.